The highest BCUT2D eigenvalue weighted by Crippen LogP contribution is 2.27. The third-order valence-corrected chi connectivity index (χ3v) is 5.04. The van der Waals surface area contributed by atoms with Gasteiger partial charge in [0.15, 0.2) is 0 Å². The molecule has 2 atom stereocenters. The number of rotatable bonds is 2. The molecule has 1 amide bonds. The van der Waals surface area contributed by atoms with Gasteiger partial charge in [-0.25, -0.2) is 4.98 Å². The van der Waals surface area contributed by atoms with E-state index in [0.717, 1.165) is 38.4 Å². The summed E-state index contributed by atoms with van der Waals surface area (Å²) in [4.78, 5) is 19.4. The van der Waals surface area contributed by atoms with E-state index in [9.17, 15) is 4.79 Å². The normalized spacial score (nSPS) is 28.6. The molecule has 6 heteroatoms. The van der Waals surface area contributed by atoms with Crippen LogP contribution in [0.5, 0.6) is 0 Å². The van der Waals surface area contributed by atoms with Gasteiger partial charge in [-0.15, -0.1) is 0 Å². The van der Waals surface area contributed by atoms with Crippen LogP contribution < -0.4 is 10.6 Å². The molecule has 0 radical (unpaired) electrons. The molecule has 1 aromatic heterocycles. The smallest absolute Gasteiger partial charge is 0.271 e. The Labute approximate surface area is 124 Å². The maximum absolute atomic E-state index is 12.5. The fraction of sp³-hybridized carbons (Fsp3) is 0.733. The number of hydrogen-bond acceptors (Lipinski definition) is 4. The zero-order chi connectivity index (χ0) is 14.2. The maximum Gasteiger partial charge on any atom is 0.271 e. The highest BCUT2D eigenvalue weighted by Gasteiger charge is 2.36. The molecule has 2 N–H and O–H groups in total. The second-order valence-corrected chi connectivity index (χ2v) is 6.39. The Balaban J connectivity index is 1.44. The fourth-order valence-corrected chi connectivity index (χ4v) is 3.94. The first-order chi connectivity index (χ1) is 10.3. The highest BCUT2D eigenvalue weighted by atomic mass is 16.2. The van der Waals surface area contributed by atoms with E-state index >= 15 is 0 Å². The molecule has 3 aliphatic heterocycles. The number of carbonyl (C=O) groups is 1. The number of nitrogens with one attached hydrogen (secondary N) is 2. The molecule has 2 unspecified atom stereocenters. The van der Waals surface area contributed by atoms with Crippen molar-refractivity contribution in [3.05, 3.63) is 11.9 Å². The Morgan fingerprint density at radius 1 is 1.24 bits per heavy atom. The summed E-state index contributed by atoms with van der Waals surface area (Å²) in [5.74, 6) is 0.813. The molecule has 0 bridgehead atoms. The zero-order valence-corrected chi connectivity index (χ0v) is 12.3. The van der Waals surface area contributed by atoms with Crippen molar-refractivity contribution in [3.8, 4) is 0 Å². The van der Waals surface area contributed by atoms with Crippen molar-refractivity contribution in [2.75, 3.05) is 25.0 Å². The van der Waals surface area contributed by atoms with E-state index in [1.807, 2.05) is 10.8 Å². The van der Waals surface area contributed by atoms with Gasteiger partial charge in [-0.2, -0.15) is 0 Å². The summed E-state index contributed by atoms with van der Waals surface area (Å²) in [7, 11) is 0. The van der Waals surface area contributed by atoms with Crippen molar-refractivity contribution >= 4 is 11.9 Å². The number of aromatic nitrogens is 2. The minimum atomic E-state index is -0.0175. The van der Waals surface area contributed by atoms with Gasteiger partial charge in [0.2, 0.25) is 5.95 Å². The van der Waals surface area contributed by atoms with Gasteiger partial charge in [0.1, 0.15) is 5.69 Å². The number of carbonyl (C=O) groups excluding carboxylic acids is 1. The number of aryl methyl sites for hydroxylation is 1. The Morgan fingerprint density at radius 3 is 3.10 bits per heavy atom. The first-order valence-electron chi connectivity index (χ1n) is 8.17. The molecule has 4 rings (SSSR count). The van der Waals surface area contributed by atoms with Gasteiger partial charge in [0.05, 0.1) is 0 Å². The van der Waals surface area contributed by atoms with Crippen LogP contribution in [0.25, 0.3) is 0 Å². The van der Waals surface area contributed by atoms with Gasteiger partial charge in [-0.05, 0) is 32.2 Å². The minimum Gasteiger partial charge on any atom is -0.356 e. The summed E-state index contributed by atoms with van der Waals surface area (Å²) in [5.41, 5.74) is 0.550. The van der Waals surface area contributed by atoms with Gasteiger partial charge >= 0.3 is 0 Å². The van der Waals surface area contributed by atoms with E-state index in [2.05, 4.69) is 20.5 Å². The minimum absolute atomic E-state index is 0.0175. The van der Waals surface area contributed by atoms with E-state index in [1.165, 1.54) is 25.8 Å². The fourth-order valence-electron chi connectivity index (χ4n) is 3.94. The molecule has 0 aliphatic carbocycles. The number of anilines is 1. The average molecular weight is 289 g/mol. The molecule has 1 aromatic rings. The van der Waals surface area contributed by atoms with Crippen molar-refractivity contribution in [1.82, 2.24) is 19.8 Å². The molecule has 2 fully saturated rings. The van der Waals surface area contributed by atoms with Gasteiger partial charge < -0.3 is 15.2 Å². The van der Waals surface area contributed by atoms with Crippen LogP contribution in [0.1, 0.15) is 42.6 Å². The third kappa shape index (κ3) is 2.41. The average Bonchev–Trinajstić information content (AvgIpc) is 3.11. The molecule has 114 valence electrons. The van der Waals surface area contributed by atoms with Crippen molar-refractivity contribution < 1.29 is 4.79 Å². The Kier molecular flexibility index (Phi) is 3.33. The van der Waals surface area contributed by atoms with E-state index < -0.39 is 0 Å². The van der Waals surface area contributed by atoms with E-state index in [0.29, 0.717) is 17.8 Å². The summed E-state index contributed by atoms with van der Waals surface area (Å²) < 4.78 is 2.04. The molecule has 6 nitrogen and oxygen atoms in total. The van der Waals surface area contributed by atoms with Crippen molar-refractivity contribution in [2.24, 2.45) is 0 Å². The Morgan fingerprint density at radius 2 is 2.19 bits per heavy atom. The van der Waals surface area contributed by atoms with Crippen LogP contribution in [-0.2, 0) is 6.54 Å². The lowest BCUT2D eigenvalue weighted by atomic mass is 9.99. The third-order valence-electron chi connectivity index (χ3n) is 5.04. The lowest BCUT2D eigenvalue weighted by molar-refractivity contribution is 0.0910. The van der Waals surface area contributed by atoms with Gasteiger partial charge in [-0.3, -0.25) is 9.69 Å². The maximum atomic E-state index is 12.5. The number of nitrogens with zero attached hydrogens (tertiary/aromatic N) is 3. The predicted molar refractivity (Wildman–Crippen MR) is 80.4 cm³/mol. The van der Waals surface area contributed by atoms with Crippen LogP contribution in [0.15, 0.2) is 6.20 Å². The lowest BCUT2D eigenvalue weighted by Gasteiger charge is -2.32. The molecule has 2 saturated heterocycles. The van der Waals surface area contributed by atoms with Gasteiger partial charge in [0, 0.05) is 37.9 Å². The van der Waals surface area contributed by atoms with Crippen LogP contribution in [0.4, 0.5) is 5.95 Å². The van der Waals surface area contributed by atoms with Crippen LogP contribution in [0.3, 0.4) is 0 Å². The molecule has 3 aliphatic rings. The van der Waals surface area contributed by atoms with E-state index in [4.69, 9.17) is 0 Å². The quantitative estimate of drug-likeness (QED) is 0.854. The van der Waals surface area contributed by atoms with Gasteiger partial charge in [0.25, 0.3) is 5.91 Å². The van der Waals surface area contributed by atoms with Crippen LogP contribution >= 0.6 is 0 Å². The zero-order valence-electron chi connectivity index (χ0n) is 12.3. The largest absolute Gasteiger partial charge is 0.356 e. The van der Waals surface area contributed by atoms with Crippen LogP contribution in [0, 0.1) is 0 Å². The lowest BCUT2D eigenvalue weighted by Crippen LogP contribution is -2.46. The number of piperidine rings is 1. The van der Waals surface area contributed by atoms with E-state index in [-0.39, 0.29) is 5.91 Å². The van der Waals surface area contributed by atoms with E-state index in [1.54, 1.807) is 0 Å². The molecular weight excluding hydrogens is 266 g/mol. The summed E-state index contributed by atoms with van der Waals surface area (Å²) in [6.07, 6.45) is 7.84. The number of hydrogen-bond donors (Lipinski definition) is 2. The Bertz CT molecular complexity index is 517. The molecule has 0 spiro atoms. The standard InChI is InChI=1S/C15H23N5O/c21-14(12-10-20-8-3-6-16-15(20)18-12)17-11-5-9-19-7-2-1-4-13(11)19/h10-11,13H,1-9H2,(H,16,18)(H,17,21). The van der Waals surface area contributed by atoms with Crippen molar-refractivity contribution in [1.29, 1.82) is 0 Å². The molecule has 0 saturated carbocycles. The SMILES string of the molecule is O=C(NC1CCN2CCCCC12)c1cn2c(n1)NCCC2. The summed E-state index contributed by atoms with van der Waals surface area (Å²) in [6.45, 7) is 4.21. The van der Waals surface area contributed by atoms with Gasteiger partial charge in [-0.1, -0.05) is 6.42 Å². The monoisotopic (exact) mass is 289 g/mol. The second kappa shape index (κ2) is 5.33. The summed E-state index contributed by atoms with van der Waals surface area (Å²) >= 11 is 0. The topological polar surface area (TPSA) is 62.2 Å². The van der Waals surface area contributed by atoms with Crippen molar-refractivity contribution in [3.63, 3.8) is 0 Å². The second-order valence-electron chi connectivity index (χ2n) is 6.39. The molecular formula is C15H23N5O. The Hall–Kier alpha value is -1.56. The van der Waals surface area contributed by atoms with Crippen LogP contribution in [0.2, 0.25) is 0 Å². The molecule has 4 heterocycles. The summed E-state index contributed by atoms with van der Waals surface area (Å²) in [6, 6.07) is 0.836. The number of fused-ring (bicyclic) bond motifs is 2. The predicted octanol–water partition coefficient (Wildman–Crippen LogP) is 1.06. The number of amides is 1. The van der Waals surface area contributed by atoms with Crippen molar-refractivity contribution in [2.45, 2.75) is 50.7 Å². The molecule has 0 aromatic carbocycles. The summed E-state index contributed by atoms with van der Waals surface area (Å²) in [5, 5.41) is 6.46. The first kappa shape index (κ1) is 13.1. The highest BCUT2D eigenvalue weighted by molar-refractivity contribution is 5.92. The van der Waals surface area contributed by atoms with Crippen LogP contribution in [-0.4, -0.2) is 52.1 Å². The number of imidazole rings is 1. The molecule has 21 heavy (non-hydrogen) atoms. The first-order valence-corrected chi connectivity index (χ1v) is 8.17.